The number of H-pyrrole nitrogens is 1. The maximum Gasteiger partial charge on any atom is 0.252 e. The Morgan fingerprint density at radius 3 is 2.85 bits per heavy atom. The van der Waals surface area contributed by atoms with Gasteiger partial charge in [-0.25, -0.2) is 9.37 Å². The van der Waals surface area contributed by atoms with Gasteiger partial charge in [-0.1, -0.05) is 0 Å². The van der Waals surface area contributed by atoms with E-state index >= 15 is 0 Å². The van der Waals surface area contributed by atoms with Crippen molar-refractivity contribution in [2.45, 2.75) is 31.7 Å². The summed E-state index contributed by atoms with van der Waals surface area (Å²) in [6.07, 6.45) is 3.19. The molecule has 0 radical (unpaired) electrons. The first-order chi connectivity index (χ1) is 13.1. The van der Waals surface area contributed by atoms with Gasteiger partial charge in [0, 0.05) is 43.7 Å². The van der Waals surface area contributed by atoms with Crippen LogP contribution in [0.25, 0.3) is 0 Å². The molecule has 2 saturated heterocycles. The number of nitrogens with one attached hydrogen (secondary N) is 1. The van der Waals surface area contributed by atoms with Gasteiger partial charge in [0.05, 0.1) is 12.8 Å². The second kappa shape index (κ2) is 7.68. The minimum atomic E-state index is -0.218. The zero-order valence-electron chi connectivity index (χ0n) is 15.6. The number of anilines is 1. The molecule has 0 saturated carbocycles. The lowest BCUT2D eigenvalue weighted by Gasteiger charge is -2.19. The normalized spacial score (nSPS) is 20.4. The first-order valence-corrected chi connectivity index (χ1v) is 9.53. The van der Waals surface area contributed by atoms with E-state index in [0.717, 1.165) is 51.1 Å². The van der Waals surface area contributed by atoms with Crippen molar-refractivity contribution in [3.05, 3.63) is 51.7 Å². The smallest absolute Gasteiger partial charge is 0.252 e. The maximum atomic E-state index is 14.1. The lowest BCUT2D eigenvalue weighted by molar-refractivity contribution is 0.319. The Hall–Kier alpha value is -2.41. The quantitative estimate of drug-likeness (QED) is 0.874. The number of likely N-dealkylation sites (tertiary alicyclic amines) is 1. The summed E-state index contributed by atoms with van der Waals surface area (Å²) in [6, 6.07) is 6.44. The highest BCUT2D eigenvalue weighted by Gasteiger charge is 2.27. The van der Waals surface area contributed by atoms with Crippen molar-refractivity contribution in [2.75, 3.05) is 38.2 Å². The molecule has 6 nitrogen and oxygen atoms in total. The number of hydrogen-bond donors (Lipinski definition) is 1. The van der Waals surface area contributed by atoms with Gasteiger partial charge in [0.2, 0.25) is 5.95 Å². The summed E-state index contributed by atoms with van der Waals surface area (Å²) in [7, 11) is 1.58. The highest BCUT2D eigenvalue weighted by molar-refractivity contribution is 5.33. The van der Waals surface area contributed by atoms with Crippen LogP contribution in [0.15, 0.2) is 29.1 Å². The van der Waals surface area contributed by atoms with Crippen molar-refractivity contribution in [2.24, 2.45) is 0 Å². The van der Waals surface area contributed by atoms with E-state index in [1.807, 2.05) is 0 Å². The van der Waals surface area contributed by atoms with Crippen molar-refractivity contribution >= 4 is 5.95 Å². The number of hydrogen-bond acceptors (Lipinski definition) is 5. The van der Waals surface area contributed by atoms with Crippen LogP contribution in [0.4, 0.5) is 10.3 Å². The van der Waals surface area contributed by atoms with Crippen LogP contribution in [0.1, 0.15) is 36.4 Å². The first kappa shape index (κ1) is 18.0. The third-order valence-electron chi connectivity index (χ3n) is 5.49. The summed E-state index contributed by atoms with van der Waals surface area (Å²) in [4.78, 5) is 24.1. The highest BCUT2D eigenvalue weighted by atomic mass is 19.1. The van der Waals surface area contributed by atoms with E-state index in [1.165, 1.54) is 6.07 Å². The van der Waals surface area contributed by atoms with Crippen molar-refractivity contribution in [1.29, 1.82) is 0 Å². The molecule has 0 spiro atoms. The standard InChI is InChI=1S/C20H25FN4O2/c1-27-16-4-5-17(21)15(10-16)13-24-9-6-14(12-24)18-11-19(26)23-20(22-18)25-7-2-3-8-25/h4-5,10-11,14H,2-3,6-9,12-13H2,1H3,(H,22,23,26). The predicted molar refractivity (Wildman–Crippen MR) is 102 cm³/mol. The molecule has 1 atom stereocenters. The fraction of sp³-hybridized carbons (Fsp3) is 0.500. The van der Waals surface area contributed by atoms with E-state index in [-0.39, 0.29) is 17.3 Å². The van der Waals surface area contributed by atoms with E-state index in [2.05, 4.69) is 14.8 Å². The van der Waals surface area contributed by atoms with Gasteiger partial charge in [0.25, 0.3) is 5.56 Å². The number of aromatic nitrogens is 2. The van der Waals surface area contributed by atoms with E-state index in [0.29, 0.717) is 23.8 Å². The van der Waals surface area contributed by atoms with Gasteiger partial charge >= 0.3 is 0 Å². The summed E-state index contributed by atoms with van der Waals surface area (Å²) in [5, 5.41) is 0. The van der Waals surface area contributed by atoms with Crippen LogP contribution in [0.5, 0.6) is 5.75 Å². The molecule has 0 bridgehead atoms. The summed E-state index contributed by atoms with van der Waals surface area (Å²) >= 11 is 0. The van der Waals surface area contributed by atoms with Gasteiger partial charge in [-0.2, -0.15) is 0 Å². The summed E-state index contributed by atoms with van der Waals surface area (Å²) in [6.45, 7) is 4.04. The summed E-state index contributed by atoms with van der Waals surface area (Å²) in [5.74, 6) is 1.33. The van der Waals surface area contributed by atoms with Gasteiger partial charge in [0.15, 0.2) is 0 Å². The van der Waals surface area contributed by atoms with Gasteiger partial charge in [-0.05, 0) is 44.0 Å². The van der Waals surface area contributed by atoms with Crippen LogP contribution in [0.2, 0.25) is 0 Å². The van der Waals surface area contributed by atoms with Gasteiger partial charge in [0.1, 0.15) is 11.6 Å². The van der Waals surface area contributed by atoms with Crippen molar-refractivity contribution in [3.63, 3.8) is 0 Å². The van der Waals surface area contributed by atoms with Crippen LogP contribution in [-0.2, 0) is 6.54 Å². The zero-order valence-corrected chi connectivity index (χ0v) is 15.6. The van der Waals surface area contributed by atoms with Crippen LogP contribution >= 0.6 is 0 Å². The van der Waals surface area contributed by atoms with Crippen LogP contribution in [-0.4, -0.2) is 48.2 Å². The molecule has 0 amide bonds. The summed E-state index contributed by atoms with van der Waals surface area (Å²) in [5.41, 5.74) is 1.38. The Bertz CT molecular complexity index is 863. The molecular weight excluding hydrogens is 347 g/mol. The van der Waals surface area contributed by atoms with Crippen molar-refractivity contribution in [1.82, 2.24) is 14.9 Å². The fourth-order valence-electron chi connectivity index (χ4n) is 4.01. The van der Waals surface area contributed by atoms with Gasteiger partial charge < -0.3 is 9.64 Å². The van der Waals surface area contributed by atoms with Crippen molar-refractivity contribution < 1.29 is 9.13 Å². The molecule has 7 heteroatoms. The molecule has 144 valence electrons. The number of benzene rings is 1. The van der Waals surface area contributed by atoms with E-state index in [4.69, 9.17) is 9.72 Å². The van der Waals surface area contributed by atoms with E-state index < -0.39 is 0 Å². The minimum absolute atomic E-state index is 0.0980. The monoisotopic (exact) mass is 372 g/mol. The number of ether oxygens (including phenoxy) is 1. The topological polar surface area (TPSA) is 61.5 Å². The molecule has 1 unspecified atom stereocenters. The van der Waals surface area contributed by atoms with E-state index in [9.17, 15) is 9.18 Å². The maximum absolute atomic E-state index is 14.1. The SMILES string of the molecule is COc1ccc(F)c(CN2CCC(c3cc(=O)[nH]c(N4CCCC4)n3)C2)c1. The number of nitrogens with zero attached hydrogens (tertiary/aromatic N) is 3. The number of rotatable bonds is 5. The van der Waals surface area contributed by atoms with Crippen LogP contribution < -0.4 is 15.2 Å². The second-order valence-electron chi connectivity index (χ2n) is 7.37. The Balaban J connectivity index is 1.47. The summed E-state index contributed by atoms with van der Waals surface area (Å²) < 4.78 is 19.3. The lowest BCUT2D eigenvalue weighted by Crippen LogP contribution is -2.25. The third kappa shape index (κ3) is 3.98. The predicted octanol–water partition coefficient (Wildman–Crippen LogP) is 2.51. The highest BCUT2D eigenvalue weighted by Crippen LogP contribution is 2.28. The average molecular weight is 372 g/mol. The molecule has 1 aromatic carbocycles. The molecule has 1 N–H and O–H groups in total. The molecule has 3 heterocycles. The van der Waals surface area contributed by atoms with Crippen LogP contribution in [0, 0.1) is 5.82 Å². The molecule has 27 heavy (non-hydrogen) atoms. The third-order valence-corrected chi connectivity index (χ3v) is 5.49. The number of methoxy groups -OCH3 is 1. The molecule has 2 aromatic rings. The fourth-order valence-corrected chi connectivity index (χ4v) is 4.01. The Morgan fingerprint density at radius 1 is 1.26 bits per heavy atom. The molecule has 2 fully saturated rings. The molecule has 2 aliphatic heterocycles. The number of aromatic amines is 1. The lowest BCUT2D eigenvalue weighted by atomic mass is 10.0. The second-order valence-corrected chi connectivity index (χ2v) is 7.37. The Labute approximate surface area is 158 Å². The Morgan fingerprint density at radius 2 is 2.07 bits per heavy atom. The molecular formula is C20H25FN4O2. The van der Waals surface area contributed by atoms with Gasteiger partial charge in [-0.15, -0.1) is 0 Å². The molecule has 4 rings (SSSR count). The van der Waals surface area contributed by atoms with E-state index in [1.54, 1.807) is 25.3 Å². The minimum Gasteiger partial charge on any atom is -0.497 e. The zero-order chi connectivity index (χ0) is 18.8. The Kier molecular flexibility index (Phi) is 5.11. The molecule has 1 aromatic heterocycles. The van der Waals surface area contributed by atoms with Gasteiger partial charge in [-0.3, -0.25) is 14.7 Å². The van der Waals surface area contributed by atoms with Crippen LogP contribution in [0.3, 0.4) is 0 Å². The first-order valence-electron chi connectivity index (χ1n) is 9.53. The molecule has 2 aliphatic rings. The number of halogens is 1. The largest absolute Gasteiger partial charge is 0.497 e. The average Bonchev–Trinajstić information content (AvgIpc) is 3.35. The molecule has 0 aliphatic carbocycles. The van der Waals surface area contributed by atoms with Crippen molar-refractivity contribution in [3.8, 4) is 5.75 Å².